The quantitative estimate of drug-likeness (QED) is 0.836. The summed E-state index contributed by atoms with van der Waals surface area (Å²) in [5.74, 6) is 3.00. The van der Waals surface area contributed by atoms with Crippen LogP contribution in [-0.2, 0) is 10.5 Å². The molecular formula is C16H25NO2S. The van der Waals surface area contributed by atoms with Crippen LogP contribution in [-0.4, -0.2) is 25.1 Å². The lowest BCUT2D eigenvalue weighted by molar-refractivity contribution is 0.129. The van der Waals surface area contributed by atoms with Crippen LogP contribution in [0.3, 0.4) is 0 Å². The van der Waals surface area contributed by atoms with Crippen molar-refractivity contribution in [2.75, 3.05) is 19.0 Å². The zero-order chi connectivity index (χ0) is 14.4. The molecule has 0 amide bonds. The van der Waals surface area contributed by atoms with Gasteiger partial charge in [-0.15, -0.1) is 0 Å². The predicted octanol–water partition coefficient (Wildman–Crippen LogP) is 3.52. The van der Waals surface area contributed by atoms with Crippen LogP contribution in [0, 0.1) is 0 Å². The third kappa shape index (κ3) is 4.40. The number of nitrogens with two attached hydrogens (primary N) is 1. The molecule has 0 aliphatic carbocycles. The van der Waals surface area contributed by atoms with E-state index in [0.717, 1.165) is 23.9 Å². The summed E-state index contributed by atoms with van der Waals surface area (Å²) in [5.41, 5.74) is 8.38. The van der Waals surface area contributed by atoms with Crippen LogP contribution in [0.5, 0.6) is 5.75 Å². The first-order valence-electron chi connectivity index (χ1n) is 7.41. The number of hydrogen-bond donors (Lipinski definition) is 1. The molecule has 1 fully saturated rings. The van der Waals surface area contributed by atoms with Crippen LogP contribution in [0.4, 0.5) is 0 Å². The van der Waals surface area contributed by atoms with E-state index in [1.54, 1.807) is 0 Å². The Kier molecular flexibility index (Phi) is 6.20. The number of rotatable bonds is 7. The molecule has 112 valence electrons. The van der Waals surface area contributed by atoms with E-state index >= 15 is 0 Å². The van der Waals surface area contributed by atoms with Gasteiger partial charge in [0, 0.05) is 29.7 Å². The molecule has 1 aliphatic heterocycles. The summed E-state index contributed by atoms with van der Waals surface area (Å²) in [5, 5.41) is 0. The number of thioether (sulfide) groups is 1. The van der Waals surface area contributed by atoms with Crippen molar-refractivity contribution in [2.45, 2.75) is 44.6 Å². The van der Waals surface area contributed by atoms with Gasteiger partial charge in [-0.2, -0.15) is 11.8 Å². The molecule has 3 nitrogen and oxygen atoms in total. The summed E-state index contributed by atoms with van der Waals surface area (Å²) in [6.45, 7) is 5.65. The van der Waals surface area contributed by atoms with Gasteiger partial charge in [0.2, 0.25) is 0 Å². The van der Waals surface area contributed by atoms with Crippen LogP contribution in [0.2, 0.25) is 0 Å². The molecule has 2 atom stereocenters. The molecule has 0 radical (unpaired) electrons. The zero-order valence-corrected chi connectivity index (χ0v) is 13.2. The maximum Gasteiger partial charge on any atom is 0.123 e. The highest BCUT2D eigenvalue weighted by Gasteiger charge is 2.16. The van der Waals surface area contributed by atoms with Gasteiger partial charge >= 0.3 is 0 Å². The summed E-state index contributed by atoms with van der Waals surface area (Å²) in [6.07, 6.45) is 2.84. The summed E-state index contributed by atoms with van der Waals surface area (Å²) >= 11 is 1.92. The Labute approximate surface area is 126 Å². The molecule has 1 aromatic carbocycles. The summed E-state index contributed by atoms with van der Waals surface area (Å²) < 4.78 is 11.4. The van der Waals surface area contributed by atoms with E-state index in [2.05, 4.69) is 12.1 Å². The molecule has 2 N–H and O–H groups in total. The Morgan fingerprint density at radius 2 is 2.35 bits per heavy atom. The fraction of sp³-hybridized carbons (Fsp3) is 0.625. The van der Waals surface area contributed by atoms with Gasteiger partial charge in [0.05, 0.1) is 12.7 Å². The topological polar surface area (TPSA) is 44.5 Å². The average molecular weight is 295 g/mol. The first-order valence-corrected chi connectivity index (χ1v) is 8.56. The fourth-order valence-corrected chi connectivity index (χ4v) is 3.46. The van der Waals surface area contributed by atoms with Crippen molar-refractivity contribution in [3.05, 3.63) is 29.3 Å². The van der Waals surface area contributed by atoms with Crippen LogP contribution in [0.15, 0.2) is 18.2 Å². The average Bonchev–Trinajstić information content (AvgIpc) is 2.93. The standard InChI is InChI=1S/C16H25NO2S/c1-3-18-16-7-6-13(12(2)17)9-14(16)10-20-11-15-5-4-8-19-15/h6-7,9,12,15H,3-5,8,10-11,17H2,1-2H3. The number of ether oxygens (including phenoxy) is 2. The van der Waals surface area contributed by atoms with Crippen molar-refractivity contribution in [1.82, 2.24) is 0 Å². The first-order chi connectivity index (χ1) is 9.70. The molecule has 0 saturated carbocycles. The molecule has 1 saturated heterocycles. The maximum absolute atomic E-state index is 5.97. The predicted molar refractivity (Wildman–Crippen MR) is 85.3 cm³/mol. The zero-order valence-electron chi connectivity index (χ0n) is 12.4. The van der Waals surface area contributed by atoms with Gasteiger partial charge in [-0.3, -0.25) is 0 Å². The molecule has 0 aromatic heterocycles. The van der Waals surface area contributed by atoms with Crippen LogP contribution >= 0.6 is 11.8 Å². The molecule has 0 bridgehead atoms. The molecule has 1 heterocycles. The molecular weight excluding hydrogens is 270 g/mol. The van der Waals surface area contributed by atoms with Crippen molar-refractivity contribution >= 4 is 11.8 Å². The van der Waals surface area contributed by atoms with E-state index in [4.69, 9.17) is 15.2 Å². The minimum absolute atomic E-state index is 0.0626. The Morgan fingerprint density at radius 3 is 3.00 bits per heavy atom. The summed E-state index contributed by atoms with van der Waals surface area (Å²) in [6, 6.07) is 6.35. The lowest BCUT2D eigenvalue weighted by Crippen LogP contribution is -2.09. The van der Waals surface area contributed by atoms with E-state index in [1.807, 2.05) is 31.7 Å². The van der Waals surface area contributed by atoms with E-state index in [0.29, 0.717) is 12.7 Å². The lowest BCUT2D eigenvalue weighted by atomic mass is 10.1. The second-order valence-electron chi connectivity index (χ2n) is 5.24. The van der Waals surface area contributed by atoms with Gasteiger partial charge in [0.1, 0.15) is 5.75 Å². The van der Waals surface area contributed by atoms with Gasteiger partial charge in [0.15, 0.2) is 0 Å². The monoisotopic (exact) mass is 295 g/mol. The second kappa shape index (κ2) is 7.91. The third-order valence-electron chi connectivity index (χ3n) is 3.50. The summed E-state index contributed by atoms with van der Waals surface area (Å²) in [7, 11) is 0. The molecule has 2 unspecified atom stereocenters. The largest absolute Gasteiger partial charge is 0.494 e. The molecule has 0 spiro atoms. The van der Waals surface area contributed by atoms with E-state index in [-0.39, 0.29) is 6.04 Å². The Bertz CT molecular complexity index is 417. The fourth-order valence-electron chi connectivity index (χ4n) is 2.37. The molecule has 1 aliphatic rings. The van der Waals surface area contributed by atoms with E-state index in [9.17, 15) is 0 Å². The smallest absolute Gasteiger partial charge is 0.123 e. The normalized spacial score (nSPS) is 20.1. The minimum Gasteiger partial charge on any atom is -0.494 e. The molecule has 1 aromatic rings. The molecule has 4 heteroatoms. The van der Waals surface area contributed by atoms with Crippen molar-refractivity contribution in [3.8, 4) is 5.75 Å². The van der Waals surface area contributed by atoms with Crippen molar-refractivity contribution in [2.24, 2.45) is 5.73 Å². The Morgan fingerprint density at radius 1 is 1.50 bits per heavy atom. The SMILES string of the molecule is CCOc1ccc(C(C)N)cc1CSCC1CCCO1. The van der Waals surface area contributed by atoms with Crippen molar-refractivity contribution in [1.29, 1.82) is 0 Å². The molecule has 2 rings (SSSR count). The third-order valence-corrected chi connectivity index (χ3v) is 4.62. The van der Waals surface area contributed by atoms with Gasteiger partial charge in [0.25, 0.3) is 0 Å². The summed E-state index contributed by atoms with van der Waals surface area (Å²) in [4.78, 5) is 0. The van der Waals surface area contributed by atoms with Crippen LogP contribution < -0.4 is 10.5 Å². The van der Waals surface area contributed by atoms with E-state index in [1.165, 1.54) is 24.0 Å². The lowest BCUT2D eigenvalue weighted by Gasteiger charge is -2.15. The number of benzene rings is 1. The van der Waals surface area contributed by atoms with E-state index < -0.39 is 0 Å². The van der Waals surface area contributed by atoms with Crippen molar-refractivity contribution in [3.63, 3.8) is 0 Å². The second-order valence-corrected chi connectivity index (χ2v) is 6.27. The maximum atomic E-state index is 5.97. The van der Waals surface area contributed by atoms with Crippen LogP contribution in [0.1, 0.15) is 43.9 Å². The number of hydrogen-bond acceptors (Lipinski definition) is 4. The Hall–Kier alpha value is -0.710. The van der Waals surface area contributed by atoms with Gasteiger partial charge in [-0.25, -0.2) is 0 Å². The highest BCUT2D eigenvalue weighted by atomic mass is 32.2. The first kappa shape index (κ1) is 15.7. The van der Waals surface area contributed by atoms with Gasteiger partial charge < -0.3 is 15.2 Å². The van der Waals surface area contributed by atoms with Gasteiger partial charge in [-0.05, 0) is 44.4 Å². The minimum atomic E-state index is 0.0626. The highest BCUT2D eigenvalue weighted by molar-refractivity contribution is 7.98. The highest BCUT2D eigenvalue weighted by Crippen LogP contribution is 2.28. The molecule has 20 heavy (non-hydrogen) atoms. The van der Waals surface area contributed by atoms with Crippen LogP contribution in [0.25, 0.3) is 0 Å². The van der Waals surface area contributed by atoms with Crippen molar-refractivity contribution < 1.29 is 9.47 Å². The van der Waals surface area contributed by atoms with Gasteiger partial charge in [-0.1, -0.05) is 6.07 Å². The Balaban J connectivity index is 1.96.